The van der Waals surface area contributed by atoms with Crippen molar-refractivity contribution in [3.63, 3.8) is 0 Å². The first-order chi connectivity index (χ1) is 10.8. The number of rotatable bonds is 15. The summed E-state index contributed by atoms with van der Waals surface area (Å²) in [6, 6.07) is 0. The first-order valence-electron chi connectivity index (χ1n) is 8.94. The number of carboxylic acids is 1. The van der Waals surface area contributed by atoms with E-state index >= 15 is 0 Å². The Morgan fingerprint density at radius 1 is 0.727 bits per heavy atom. The molecule has 0 unspecified atom stereocenters. The van der Waals surface area contributed by atoms with E-state index in [1.165, 1.54) is 38.5 Å². The van der Waals surface area contributed by atoms with E-state index in [2.05, 4.69) is 43.4 Å². The maximum Gasteiger partial charge on any atom is 0.303 e. The van der Waals surface area contributed by atoms with Crippen LogP contribution in [0.5, 0.6) is 0 Å². The van der Waals surface area contributed by atoms with E-state index < -0.39 is 5.97 Å². The smallest absolute Gasteiger partial charge is 0.303 e. The van der Waals surface area contributed by atoms with Crippen LogP contribution >= 0.6 is 0 Å². The van der Waals surface area contributed by atoms with Crippen LogP contribution in [0.4, 0.5) is 0 Å². The Bertz CT molecular complexity index is 327. The van der Waals surface area contributed by atoms with Gasteiger partial charge in [-0.05, 0) is 57.8 Å². The van der Waals surface area contributed by atoms with Gasteiger partial charge in [0, 0.05) is 6.42 Å². The SMILES string of the molecule is CCCCCC=CCCCC=CCC=CCCCCC(=O)O. The van der Waals surface area contributed by atoms with Crippen molar-refractivity contribution < 1.29 is 9.90 Å². The van der Waals surface area contributed by atoms with Gasteiger partial charge in [-0.3, -0.25) is 4.79 Å². The van der Waals surface area contributed by atoms with Crippen LogP contribution in [0.1, 0.15) is 84.0 Å². The highest BCUT2D eigenvalue weighted by Crippen LogP contribution is 2.04. The molecule has 0 saturated carbocycles. The van der Waals surface area contributed by atoms with Crippen molar-refractivity contribution in [1.82, 2.24) is 0 Å². The molecule has 0 aromatic heterocycles. The molecule has 126 valence electrons. The number of hydrogen-bond acceptors (Lipinski definition) is 1. The lowest BCUT2D eigenvalue weighted by Gasteiger charge is -1.93. The van der Waals surface area contributed by atoms with E-state index in [1.54, 1.807) is 0 Å². The average molecular weight is 306 g/mol. The third-order valence-electron chi connectivity index (χ3n) is 3.50. The minimum Gasteiger partial charge on any atom is -0.481 e. The molecule has 0 aromatic carbocycles. The molecule has 0 amide bonds. The van der Waals surface area contributed by atoms with Gasteiger partial charge in [-0.15, -0.1) is 0 Å². The van der Waals surface area contributed by atoms with Gasteiger partial charge in [0.1, 0.15) is 0 Å². The number of hydrogen-bond donors (Lipinski definition) is 1. The maximum absolute atomic E-state index is 10.3. The van der Waals surface area contributed by atoms with Crippen LogP contribution in [-0.4, -0.2) is 11.1 Å². The van der Waals surface area contributed by atoms with Crippen molar-refractivity contribution in [1.29, 1.82) is 0 Å². The van der Waals surface area contributed by atoms with E-state index in [0.29, 0.717) is 6.42 Å². The minimum atomic E-state index is -0.692. The summed E-state index contributed by atoms with van der Waals surface area (Å²) in [6.07, 6.45) is 26.3. The number of unbranched alkanes of at least 4 members (excludes halogenated alkanes) is 7. The summed E-state index contributed by atoms with van der Waals surface area (Å²) in [5.74, 6) is -0.692. The zero-order valence-corrected chi connectivity index (χ0v) is 14.3. The van der Waals surface area contributed by atoms with Crippen LogP contribution < -0.4 is 0 Å². The van der Waals surface area contributed by atoms with Crippen molar-refractivity contribution in [2.45, 2.75) is 84.0 Å². The molecule has 0 radical (unpaired) electrons. The zero-order chi connectivity index (χ0) is 16.3. The van der Waals surface area contributed by atoms with Crippen LogP contribution in [0, 0.1) is 0 Å². The zero-order valence-electron chi connectivity index (χ0n) is 14.3. The lowest BCUT2D eigenvalue weighted by Crippen LogP contribution is -1.92. The highest BCUT2D eigenvalue weighted by Gasteiger charge is 1.93. The molecule has 1 N–H and O–H groups in total. The molecule has 0 spiro atoms. The van der Waals surface area contributed by atoms with Gasteiger partial charge in [0.2, 0.25) is 0 Å². The Hall–Kier alpha value is -1.31. The molecule has 0 bridgehead atoms. The topological polar surface area (TPSA) is 37.3 Å². The van der Waals surface area contributed by atoms with E-state index in [4.69, 9.17) is 5.11 Å². The standard InChI is InChI=1S/C20H34O2/c1-2-3-4-5-6-7-8-9-10-11-12-13-14-15-16-17-18-19-20(21)22/h6-7,11-12,14-15H,2-5,8-10,13,16-19H2,1H3,(H,21,22). The van der Waals surface area contributed by atoms with Gasteiger partial charge in [0.15, 0.2) is 0 Å². The van der Waals surface area contributed by atoms with Gasteiger partial charge in [-0.1, -0.05) is 56.2 Å². The fourth-order valence-electron chi connectivity index (χ4n) is 2.15. The van der Waals surface area contributed by atoms with Gasteiger partial charge in [-0.2, -0.15) is 0 Å². The molecule has 0 atom stereocenters. The summed E-state index contributed by atoms with van der Waals surface area (Å²) in [5.41, 5.74) is 0. The number of allylic oxidation sites excluding steroid dienone is 6. The summed E-state index contributed by atoms with van der Waals surface area (Å²) >= 11 is 0. The van der Waals surface area contributed by atoms with Gasteiger partial charge in [0.25, 0.3) is 0 Å². The lowest BCUT2D eigenvalue weighted by molar-refractivity contribution is -0.137. The van der Waals surface area contributed by atoms with Crippen molar-refractivity contribution in [3.8, 4) is 0 Å². The second-order valence-corrected chi connectivity index (χ2v) is 5.72. The highest BCUT2D eigenvalue weighted by atomic mass is 16.4. The molecule has 22 heavy (non-hydrogen) atoms. The van der Waals surface area contributed by atoms with E-state index in [-0.39, 0.29) is 0 Å². The second kappa shape index (κ2) is 17.7. The Labute approximate surface area is 137 Å². The fourth-order valence-corrected chi connectivity index (χ4v) is 2.15. The Balaban J connectivity index is 3.28. The Kier molecular flexibility index (Phi) is 16.7. The first kappa shape index (κ1) is 20.7. The highest BCUT2D eigenvalue weighted by molar-refractivity contribution is 5.66. The van der Waals surface area contributed by atoms with Crippen LogP contribution in [0.2, 0.25) is 0 Å². The second-order valence-electron chi connectivity index (χ2n) is 5.72. The van der Waals surface area contributed by atoms with E-state index in [9.17, 15) is 4.79 Å². The monoisotopic (exact) mass is 306 g/mol. The molecule has 0 rings (SSSR count). The molecule has 2 nitrogen and oxygen atoms in total. The summed E-state index contributed by atoms with van der Waals surface area (Å²) in [6.45, 7) is 2.24. The molecular formula is C20H34O2. The Morgan fingerprint density at radius 2 is 1.23 bits per heavy atom. The molecule has 0 fully saturated rings. The number of carbonyl (C=O) groups is 1. The molecule has 0 aliphatic carbocycles. The minimum absolute atomic E-state index is 0.292. The van der Waals surface area contributed by atoms with Gasteiger partial charge >= 0.3 is 5.97 Å². The molecular weight excluding hydrogens is 272 g/mol. The van der Waals surface area contributed by atoms with Crippen molar-refractivity contribution in [2.24, 2.45) is 0 Å². The average Bonchev–Trinajstić information content (AvgIpc) is 2.50. The van der Waals surface area contributed by atoms with Gasteiger partial charge < -0.3 is 5.11 Å². The first-order valence-corrected chi connectivity index (χ1v) is 8.94. The molecule has 0 saturated heterocycles. The van der Waals surface area contributed by atoms with E-state index in [1.807, 2.05) is 0 Å². The summed E-state index contributed by atoms with van der Waals surface area (Å²) in [7, 11) is 0. The molecule has 0 aromatic rings. The van der Waals surface area contributed by atoms with E-state index in [0.717, 1.165) is 32.1 Å². The predicted octanol–water partition coefficient (Wildman–Crippen LogP) is 6.44. The number of aliphatic carboxylic acids is 1. The molecule has 2 heteroatoms. The number of carboxylic acid groups (broad SMARTS) is 1. The third kappa shape index (κ3) is 18.7. The molecule has 0 heterocycles. The lowest BCUT2D eigenvalue weighted by atomic mass is 10.1. The summed E-state index contributed by atoms with van der Waals surface area (Å²) in [5, 5.41) is 8.51. The van der Waals surface area contributed by atoms with Crippen molar-refractivity contribution in [3.05, 3.63) is 36.5 Å². The van der Waals surface area contributed by atoms with Gasteiger partial charge in [-0.25, -0.2) is 0 Å². The summed E-state index contributed by atoms with van der Waals surface area (Å²) in [4.78, 5) is 10.3. The predicted molar refractivity (Wildman–Crippen MR) is 96.1 cm³/mol. The van der Waals surface area contributed by atoms with Crippen LogP contribution in [0.25, 0.3) is 0 Å². The van der Waals surface area contributed by atoms with Gasteiger partial charge in [0.05, 0.1) is 0 Å². The third-order valence-corrected chi connectivity index (χ3v) is 3.50. The normalized spacial score (nSPS) is 12.0. The van der Waals surface area contributed by atoms with Crippen LogP contribution in [0.15, 0.2) is 36.5 Å². The quantitative estimate of drug-likeness (QED) is 0.279. The molecule has 0 aliphatic heterocycles. The maximum atomic E-state index is 10.3. The van der Waals surface area contributed by atoms with Crippen LogP contribution in [-0.2, 0) is 4.79 Å². The largest absolute Gasteiger partial charge is 0.481 e. The Morgan fingerprint density at radius 3 is 1.77 bits per heavy atom. The van der Waals surface area contributed by atoms with Crippen molar-refractivity contribution >= 4 is 5.97 Å². The fraction of sp³-hybridized carbons (Fsp3) is 0.650. The molecule has 0 aliphatic rings. The van der Waals surface area contributed by atoms with Crippen LogP contribution in [0.3, 0.4) is 0 Å². The summed E-state index contributed by atoms with van der Waals surface area (Å²) < 4.78 is 0. The van der Waals surface area contributed by atoms with Crippen molar-refractivity contribution in [2.75, 3.05) is 0 Å².